The average Bonchev–Trinajstić information content (AvgIpc) is 3.17. The number of carbonyl (C=O) groups excluding carboxylic acids is 1. The van der Waals surface area contributed by atoms with Crippen LogP contribution in [0.3, 0.4) is 0 Å². The number of aryl methyl sites for hydroxylation is 1. The minimum absolute atomic E-state index is 0.333. The number of amides is 2. The monoisotopic (exact) mass is 345 g/mol. The Bertz CT molecular complexity index is 857. The molecule has 2 heterocycles. The summed E-state index contributed by atoms with van der Waals surface area (Å²) in [4.78, 5) is 16.2. The predicted octanol–water partition coefficient (Wildman–Crippen LogP) is 2.83. The summed E-state index contributed by atoms with van der Waals surface area (Å²) < 4.78 is 1.60. The first-order valence-electron chi connectivity index (χ1n) is 7.30. The van der Waals surface area contributed by atoms with Crippen LogP contribution in [0.1, 0.15) is 24.6 Å². The van der Waals surface area contributed by atoms with E-state index < -0.39 is 6.03 Å². The van der Waals surface area contributed by atoms with Gasteiger partial charge in [-0.1, -0.05) is 23.7 Å². The Labute approximate surface area is 143 Å². The Morgan fingerprint density at radius 1 is 1.33 bits per heavy atom. The lowest BCUT2D eigenvalue weighted by Gasteiger charge is -2.10. The molecule has 9 heteroatoms. The second kappa shape index (κ2) is 6.71. The van der Waals surface area contributed by atoms with E-state index in [4.69, 9.17) is 11.6 Å². The number of urea groups is 1. The molecule has 0 aliphatic rings. The van der Waals surface area contributed by atoms with Gasteiger partial charge in [-0.3, -0.25) is 10.4 Å². The van der Waals surface area contributed by atoms with Gasteiger partial charge < -0.3 is 5.32 Å². The van der Waals surface area contributed by atoms with E-state index in [9.17, 15) is 4.79 Å². The molecule has 0 radical (unpaired) electrons. The van der Waals surface area contributed by atoms with Crippen LogP contribution in [0.25, 0.3) is 5.69 Å². The molecule has 3 rings (SSSR count). The number of carbonyl (C=O) groups is 1. The maximum atomic E-state index is 12.1. The molecule has 1 aromatic carbocycles. The Kier molecular flexibility index (Phi) is 4.48. The molecule has 0 fully saturated rings. The third-order valence-corrected chi connectivity index (χ3v) is 3.60. The first kappa shape index (κ1) is 16.0. The van der Waals surface area contributed by atoms with Crippen molar-refractivity contribution >= 4 is 23.4 Å². The molecule has 0 bridgehead atoms. The number of anilines is 1. The molecule has 3 N–H and O–H groups in total. The summed E-state index contributed by atoms with van der Waals surface area (Å²) in [6.45, 7) is 3.59. The lowest BCUT2D eigenvalue weighted by Crippen LogP contribution is -2.31. The lowest BCUT2D eigenvalue weighted by molar-refractivity contribution is 0.249. The van der Waals surface area contributed by atoms with Crippen LogP contribution in [0.4, 0.5) is 10.6 Å². The Morgan fingerprint density at radius 2 is 2.12 bits per heavy atom. The number of rotatable bonds is 4. The number of para-hydroxylation sites is 1. The molecular formula is C15H16ClN7O. The molecule has 0 aliphatic heterocycles. The highest BCUT2D eigenvalue weighted by molar-refractivity contribution is 6.32. The topological polar surface area (TPSA) is 101 Å². The van der Waals surface area contributed by atoms with Crippen molar-refractivity contribution in [2.75, 3.05) is 5.32 Å². The maximum absolute atomic E-state index is 12.1. The van der Waals surface area contributed by atoms with E-state index >= 15 is 0 Å². The summed E-state index contributed by atoms with van der Waals surface area (Å²) in [6.07, 6.45) is 1.72. The molecule has 8 nitrogen and oxygen atoms in total. The molecule has 0 spiro atoms. The lowest BCUT2D eigenvalue weighted by atomic mass is 10.3. The number of nitrogens with zero attached hydrogens (tertiary/aromatic N) is 4. The third kappa shape index (κ3) is 3.54. The van der Waals surface area contributed by atoms with Crippen LogP contribution < -0.4 is 10.6 Å². The number of hydrogen-bond donors (Lipinski definition) is 3. The molecule has 1 atom stereocenters. The number of halogens is 1. The summed E-state index contributed by atoms with van der Waals surface area (Å²) in [5.74, 6) is 1.62. The second-order valence-corrected chi connectivity index (χ2v) is 5.60. The van der Waals surface area contributed by atoms with Gasteiger partial charge in [0.2, 0.25) is 0 Å². The first-order chi connectivity index (χ1) is 11.5. The quantitative estimate of drug-likeness (QED) is 0.676. The average molecular weight is 346 g/mol. The fraction of sp³-hybridized carbons (Fsp3) is 0.200. The standard InChI is InChI=1S/C15H16ClN7O/c1-9(14-18-10(2)20-21-14)17-15(24)19-13-7-8-23(22-13)12-6-4-3-5-11(12)16/h3-9H,1-2H3,(H,18,20,21)(H2,17,19,22,24). The molecule has 0 saturated heterocycles. The molecule has 24 heavy (non-hydrogen) atoms. The van der Waals surface area contributed by atoms with Crippen molar-refractivity contribution in [1.82, 2.24) is 30.3 Å². The fourth-order valence-corrected chi connectivity index (χ4v) is 2.35. The Hall–Kier alpha value is -2.87. The van der Waals surface area contributed by atoms with Crippen LogP contribution in [0, 0.1) is 6.92 Å². The Morgan fingerprint density at radius 3 is 2.83 bits per heavy atom. The third-order valence-electron chi connectivity index (χ3n) is 3.28. The molecule has 2 amide bonds. The summed E-state index contributed by atoms with van der Waals surface area (Å²) >= 11 is 6.14. The SMILES string of the molecule is Cc1nc(C(C)NC(=O)Nc2ccn(-c3ccccc3Cl)n2)n[nH]1. The van der Waals surface area contributed by atoms with Crippen molar-refractivity contribution < 1.29 is 4.79 Å². The van der Waals surface area contributed by atoms with Crippen molar-refractivity contribution in [3.8, 4) is 5.69 Å². The largest absolute Gasteiger partial charge is 0.328 e. The van der Waals surface area contributed by atoms with Crippen molar-refractivity contribution in [3.05, 3.63) is 53.2 Å². The zero-order valence-electron chi connectivity index (χ0n) is 13.1. The number of H-pyrrole nitrogens is 1. The minimum atomic E-state index is -0.394. The smallest absolute Gasteiger partial charge is 0.321 e. The van der Waals surface area contributed by atoms with Gasteiger partial charge in [0, 0.05) is 12.3 Å². The maximum Gasteiger partial charge on any atom is 0.321 e. The number of aromatic amines is 1. The van der Waals surface area contributed by atoms with Crippen LogP contribution in [0.2, 0.25) is 5.02 Å². The van der Waals surface area contributed by atoms with Crippen molar-refractivity contribution in [1.29, 1.82) is 0 Å². The van der Waals surface area contributed by atoms with E-state index in [2.05, 4.69) is 30.9 Å². The highest BCUT2D eigenvalue weighted by Crippen LogP contribution is 2.20. The molecule has 1 unspecified atom stereocenters. The highest BCUT2D eigenvalue weighted by Gasteiger charge is 2.14. The van der Waals surface area contributed by atoms with Crippen molar-refractivity contribution in [2.24, 2.45) is 0 Å². The molecule has 0 saturated carbocycles. The van der Waals surface area contributed by atoms with Gasteiger partial charge in [0.25, 0.3) is 0 Å². The number of benzene rings is 1. The van der Waals surface area contributed by atoms with Gasteiger partial charge in [-0.15, -0.1) is 5.10 Å². The highest BCUT2D eigenvalue weighted by atomic mass is 35.5. The van der Waals surface area contributed by atoms with Gasteiger partial charge in [-0.05, 0) is 26.0 Å². The Balaban J connectivity index is 1.64. The van der Waals surface area contributed by atoms with E-state index in [1.807, 2.05) is 18.2 Å². The van der Waals surface area contributed by atoms with Crippen LogP contribution in [0.15, 0.2) is 36.5 Å². The van der Waals surface area contributed by atoms with E-state index in [-0.39, 0.29) is 6.04 Å². The predicted molar refractivity (Wildman–Crippen MR) is 90.3 cm³/mol. The first-order valence-corrected chi connectivity index (χ1v) is 7.67. The molecule has 2 aromatic heterocycles. The van der Waals surface area contributed by atoms with Crippen molar-refractivity contribution in [2.45, 2.75) is 19.9 Å². The van der Waals surface area contributed by atoms with Gasteiger partial charge in [-0.25, -0.2) is 14.5 Å². The zero-order valence-corrected chi connectivity index (χ0v) is 13.9. The van der Waals surface area contributed by atoms with Crippen molar-refractivity contribution in [3.63, 3.8) is 0 Å². The molecule has 124 valence electrons. The van der Waals surface area contributed by atoms with Gasteiger partial charge in [0.15, 0.2) is 11.6 Å². The normalized spacial score (nSPS) is 12.0. The number of aromatic nitrogens is 5. The van der Waals surface area contributed by atoms with Crippen LogP contribution in [0.5, 0.6) is 0 Å². The summed E-state index contributed by atoms with van der Waals surface area (Å²) in [7, 11) is 0. The van der Waals surface area contributed by atoms with Gasteiger partial charge >= 0.3 is 6.03 Å². The van der Waals surface area contributed by atoms with Gasteiger partial charge in [0.1, 0.15) is 5.82 Å². The van der Waals surface area contributed by atoms with Gasteiger partial charge in [0.05, 0.1) is 16.8 Å². The molecular weight excluding hydrogens is 330 g/mol. The van der Waals surface area contributed by atoms with E-state index in [1.165, 1.54) is 0 Å². The van der Waals surface area contributed by atoms with Crippen LogP contribution in [-0.2, 0) is 0 Å². The summed E-state index contributed by atoms with van der Waals surface area (Å²) in [6, 6.07) is 8.28. The number of nitrogens with one attached hydrogen (secondary N) is 3. The molecule has 3 aromatic rings. The number of hydrogen-bond acceptors (Lipinski definition) is 4. The van der Waals surface area contributed by atoms with Crippen LogP contribution in [-0.4, -0.2) is 31.0 Å². The van der Waals surface area contributed by atoms with Crippen LogP contribution >= 0.6 is 11.6 Å². The zero-order chi connectivity index (χ0) is 17.1. The second-order valence-electron chi connectivity index (χ2n) is 5.20. The molecule has 0 aliphatic carbocycles. The van der Waals surface area contributed by atoms with Gasteiger partial charge in [-0.2, -0.15) is 5.10 Å². The minimum Gasteiger partial charge on any atom is -0.328 e. The fourth-order valence-electron chi connectivity index (χ4n) is 2.13. The van der Waals surface area contributed by atoms with E-state index in [0.717, 1.165) is 5.69 Å². The summed E-state index contributed by atoms with van der Waals surface area (Å²) in [5, 5.41) is 17.0. The van der Waals surface area contributed by atoms with E-state index in [1.54, 1.807) is 36.9 Å². The van der Waals surface area contributed by atoms with E-state index in [0.29, 0.717) is 22.5 Å². The summed E-state index contributed by atoms with van der Waals surface area (Å²) in [5.41, 5.74) is 0.734.